The van der Waals surface area contributed by atoms with Crippen molar-refractivity contribution in [1.29, 1.82) is 0 Å². The van der Waals surface area contributed by atoms with Crippen LogP contribution in [0.3, 0.4) is 0 Å². The number of aliphatic hydroxyl groups is 2. The molecule has 5 nitrogen and oxygen atoms in total. The molecule has 0 amide bonds. The largest absolute Gasteiger partial charge is 0.393 e. The second-order valence-electron chi connectivity index (χ2n) is 5.80. The molecule has 3 N–H and O–H groups in total. The summed E-state index contributed by atoms with van der Waals surface area (Å²) in [5, 5.41) is 22.3. The number of hydrogen-bond donors (Lipinski definition) is 3. The Kier molecular flexibility index (Phi) is 3.66. The molecule has 0 aliphatic heterocycles. The van der Waals surface area contributed by atoms with Gasteiger partial charge in [-0.25, -0.2) is 9.97 Å². The van der Waals surface area contributed by atoms with Gasteiger partial charge in [0.05, 0.1) is 12.2 Å². The van der Waals surface area contributed by atoms with Gasteiger partial charge < -0.3 is 15.5 Å². The highest BCUT2D eigenvalue weighted by Gasteiger charge is 2.30. The fraction of sp³-hybridized carbons (Fsp3) is 0.714. The van der Waals surface area contributed by atoms with Crippen LogP contribution in [0, 0.1) is 0 Å². The summed E-state index contributed by atoms with van der Waals surface area (Å²) < 4.78 is 0. The summed E-state index contributed by atoms with van der Waals surface area (Å²) in [4.78, 5) is 8.56. The molecule has 3 rings (SSSR count). The van der Waals surface area contributed by atoms with E-state index in [4.69, 9.17) is 0 Å². The van der Waals surface area contributed by atoms with E-state index in [2.05, 4.69) is 15.3 Å². The molecule has 0 bridgehead atoms. The molecule has 2 aliphatic carbocycles. The van der Waals surface area contributed by atoms with Crippen molar-refractivity contribution in [2.75, 3.05) is 5.32 Å². The van der Waals surface area contributed by atoms with Crippen LogP contribution in [-0.4, -0.2) is 38.4 Å². The van der Waals surface area contributed by atoms with E-state index < -0.39 is 0 Å². The van der Waals surface area contributed by atoms with Gasteiger partial charge in [0.1, 0.15) is 12.1 Å². The molecular weight excluding hydrogens is 242 g/mol. The van der Waals surface area contributed by atoms with Gasteiger partial charge in [-0.1, -0.05) is 0 Å². The van der Waals surface area contributed by atoms with Crippen LogP contribution in [0.2, 0.25) is 0 Å². The zero-order valence-electron chi connectivity index (χ0n) is 11.0. The van der Waals surface area contributed by atoms with Crippen LogP contribution in [0.5, 0.6) is 0 Å². The summed E-state index contributed by atoms with van der Waals surface area (Å²) in [6.45, 7) is 0. The smallest absolute Gasteiger partial charge is 0.129 e. The highest BCUT2D eigenvalue weighted by Crippen LogP contribution is 2.36. The number of aromatic nitrogens is 2. The van der Waals surface area contributed by atoms with E-state index in [1.807, 2.05) is 6.07 Å². The molecule has 5 heteroatoms. The standard InChI is InChI=1S/C14H21N3O2/c18-11-3-1-10(2-4-11)17-14-7-13(15-8-16-14)9-5-12(19)6-9/h7-12,18-19H,1-6H2,(H,15,16,17). The van der Waals surface area contributed by atoms with E-state index in [9.17, 15) is 10.2 Å². The third kappa shape index (κ3) is 3.04. The maximum absolute atomic E-state index is 9.50. The van der Waals surface area contributed by atoms with Crippen LogP contribution in [0.1, 0.15) is 50.1 Å². The Morgan fingerprint density at radius 3 is 2.42 bits per heavy atom. The lowest BCUT2D eigenvalue weighted by atomic mass is 9.80. The third-order valence-electron chi connectivity index (χ3n) is 4.27. The van der Waals surface area contributed by atoms with Gasteiger partial charge in [0.25, 0.3) is 0 Å². The minimum atomic E-state index is -0.156. The molecule has 0 radical (unpaired) electrons. The van der Waals surface area contributed by atoms with Crippen molar-refractivity contribution in [3.05, 3.63) is 18.1 Å². The Balaban J connectivity index is 1.60. The molecule has 104 valence electrons. The summed E-state index contributed by atoms with van der Waals surface area (Å²) in [6.07, 6.45) is 6.64. The summed E-state index contributed by atoms with van der Waals surface area (Å²) in [7, 11) is 0. The molecule has 1 heterocycles. The molecular formula is C14H21N3O2. The lowest BCUT2D eigenvalue weighted by Gasteiger charge is -2.31. The zero-order valence-corrected chi connectivity index (χ0v) is 11.0. The second-order valence-corrected chi connectivity index (χ2v) is 5.80. The van der Waals surface area contributed by atoms with Gasteiger partial charge in [0.15, 0.2) is 0 Å². The number of aliphatic hydroxyl groups excluding tert-OH is 2. The Bertz CT molecular complexity index is 426. The van der Waals surface area contributed by atoms with E-state index in [1.54, 1.807) is 6.33 Å². The Morgan fingerprint density at radius 2 is 1.74 bits per heavy atom. The molecule has 1 aromatic heterocycles. The molecule has 0 aromatic carbocycles. The first-order valence-electron chi connectivity index (χ1n) is 7.15. The van der Waals surface area contributed by atoms with Crippen LogP contribution < -0.4 is 5.32 Å². The maximum atomic E-state index is 9.50. The maximum Gasteiger partial charge on any atom is 0.129 e. The quantitative estimate of drug-likeness (QED) is 0.769. The molecule has 0 spiro atoms. The molecule has 0 atom stereocenters. The van der Waals surface area contributed by atoms with Crippen molar-refractivity contribution in [2.24, 2.45) is 0 Å². The van der Waals surface area contributed by atoms with E-state index >= 15 is 0 Å². The Hall–Kier alpha value is -1.20. The van der Waals surface area contributed by atoms with Crippen molar-refractivity contribution in [3.8, 4) is 0 Å². The minimum absolute atomic E-state index is 0.129. The SMILES string of the molecule is OC1CCC(Nc2cc(C3CC(O)C3)ncn2)CC1. The summed E-state index contributed by atoms with van der Waals surface area (Å²) >= 11 is 0. The van der Waals surface area contributed by atoms with Gasteiger partial charge in [-0.05, 0) is 38.5 Å². The van der Waals surface area contributed by atoms with Crippen LogP contribution in [-0.2, 0) is 0 Å². The van der Waals surface area contributed by atoms with Gasteiger partial charge >= 0.3 is 0 Å². The van der Waals surface area contributed by atoms with Gasteiger partial charge in [-0.2, -0.15) is 0 Å². The summed E-state index contributed by atoms with van der Waals surface area (Å²) in [6, 6.07) is 2.40. The van der Waals surface area contributed by atoms with E-state index in [-0.39, 0.29) is 12.2 Å². The molecule has 2 fully saturated rings. The fourth-order valence-corrected chi connectivity index (χ4v) is 2.93. The summed E-state index contributed by atoms with van der Waals surface area (Å²) in [5.41, 5.74) is 1.03. The first-order chi connectivity index (χ1) is 9.20. The minimum Gasteiger partial charge on any atom is -0.393 e. The van der Waals surface area contributed by atoms with Crippen LogP contribution in [0.25, 0.3) is 0 Å². The number of nitrogens with zero attached hydrogens (tertiary/aromatic N) is 2. The first-order valence-corrected chi connectivity index (χ1v) is 7.15. The lowest BCUT2D eigenvalue weighted by Crippen LogP contribution is -2.29. The van der Waals surface area contributed by atoms with Crippen molar-refractivity contribution < 1.29 is 10.2 Å². The first kappa shape index (κ1) is 12.8. The molecule has 2 aliphatic rings. The lowest BCUT2D eigenvalue weighted by molar-refractivity contribution is 0.0732. The van der Waals surface area contributed by atoms with E-state index in [1.165, 1.54) is 0 Å². The molecule has 19 heavy (non-hydrogen) atoms. The number of nitrogens with one attached hydrogen (secondary N) is 1. The van der Waals surface area contributed by atoms with E-state index in [0.717, 1.165) is 50.0 Å². The Labute approximate surface area is 113 Å². The number of rotatable bonds is 3. The van der Waals surface area contributed by atoms with Crippen molar-refractivity contribution in [1.82, 2.24) is 9.97 Å². The van der Waals surface area contributed by atoms with Gasteiger partial charge in [-0.3, -0.25) is 0 Å². The van der Waals surface area contributed by atoms with Gasteiger partial charge in [0, 0.05) is 23.7 Å². The number of anilines is 1. The number of hydrogen-bond acceptors (Lipinski definition) is 5. The normalized spacial score (nSPS) is 34.6. The topological polar surface area (TPSA) is 78.3 Å². The van der Waals surface area contributed by atoms with Crippen molar-refractivity contribution in [3.63, 3.8) is 0 Å². The van der Waals surface area contributed by atoms with Gasteiger partial charge in [0.2, 0.25) is 0 Å². The van der Waals surface area contributed by atoms with Crippen LogP contribution in [0.4, 0.5) is 5.82 Å². The predicted octanol–water partition coefficient (Wildman–Crippen LogP) is 1.43. The van der Waals surface area contributed by atoms with Crippen LogP contribution in [0.15, 0.2) is 12.4 Å². The van der Waals surface area contributed by atoms with Gasteiger partial charge in [-0.15, -0.1) is 0 Å². The monoisotopic (exact) mass is 263 g/mol. The predicted molar refractivity (Wildman–Crippen MR) is 71.9 cm³/mol. The second kappa shape index (κ2) is 5.43. The fourth-order valence-electron chi connectivity index (χ4n) is 2.93. The zero-order chi connectivity index (χ0) is 13.2. The molecule has 0 saturated heterocycles. The van der Waals surface area contributed by atoms with Crippen molar-refractivity contribution in [2.45, 2.75) is 62.7 Å². The summed E-state index contributed by atoms with van der Waals surface area (Å²) in [5.74, 6) is 1.25. The average molecular weight is 263 g/mol. The molecule has 0 unspecified atom stereocenters. The highest BCUT2D eigenvalue weighted by atomic mass is 16.3. The van der Waals surface area contributed by atoms with E-state index in [0.29, 0.717) is 12.0 Å². The Morgan fingerprint density at radius 1 is 1.00 bits per heavy atom. The van der Waals surface area contributed by atoms with Crippen LogP contribution >= 0.6 is 0 Å². The van der Waals surface area contributed by atoms with Crippen molar-refractivity contribution >= 4 is 5.82 Å². The average Bonchev–Trinajstić information content (AvgIpc) is 2.38. The molecule has 2 saturated carbocycles. The molecule has 1 aromatic rings. The third-order valence-corrected chi connectivity index (χ3v) is 4.27. The highest BCUT2D eigenvalue weighted by molar-refractivity contribution is 5.37.